The van der Waals surface area contributed by atoms with Crippen LogP contribution in [0.3, 0.4) is 0 Å². The third kappa shape index (κ3) is 10.9. The van der Waals surface area contributed by atoms with Crippen molar-refractivity contribution in [3.05, 3.63) is 35.4 Å². The van der Waals surface area contributed by atoms with E-state index in [-0.39, 0.29) is 30.0 Å². The zero-order valence-corrected chi connectivity index (χ0v) is 21.5. The summed E-state index contributed by atoms with van der Waals surface area (Å²) in [4.78, 5) is 53.9. The molecular weight excluding hydrogens is 439 g/mol. The molecule has 11 heteroatoms. The molecule has 0 bridgehead atoms. The van der Waals surface area contributed by atoms with Gasteiger partial charge in [0, 0.05) is 5.56 Å². The Labute approximate surface area is 211 Å². The van der Waals surface area contributed by atoms with Gasteiger partial charge in [0.2, 0.25) is 0 Å². The van der Waals surface area contributed by atoms with Gasteiger partial charge in [0.1, 0.15) is 16.8 Å². The number of hydrogen-bond acceptors (Lipinski definition) is 8. The molecule has 0 radical (unpaired) electrons. The van der Waals surface area contributed by atoms with Gasteiger partial charge in [-0.05, 0) is 67.9 Å². The van der Waals surface area contributed by atoms with Gasteiger partial charge < -0.3 is 24.1 Å². The van der Waals surface area contributed by atoms with Crippen LogP contribution in [0.15, 0.2) is 29.3 Å². The van der Waals surface area contributed by atoms with Crippen LogP contribution in [0.5, 0.6) is 0 Å². The van der Waals surface area contributed by atoms with Gasteiger partial charge in [-0.1, -0.05) is 24.3 Å². The van der Waals surface area contributed by atoms with Gasteiger partial charge in [-0.15, -0.1) is 0 Å². The van der Waals surface area contributed by atoms with Crippen LogP contribution in [0.1, 0.15) is 78.2 Å². The monoisotopic (exact) mass is 470 g/mol. The van der Waals surface area contributed by atoms with Crippen LogP contribution in [0.2, 0.25) is 0 Å². The molecule has 0 atom stereocenters. The van der Waals surface area contributed by atoms with E-state index in [1.807, 2.05) is 0 Å². The summed E-state index contributed by atoms with van der Waals surface area (Å²) >= 11 is 0. The third-order valence-electron chi connectivity index (χ3n) is 3.33. The van der Waals surface area contributed by atoms with Crippen LogP contribution in [0.4, 0.5) is 14.4 Å². The Morgan fingerprint density at radius 2 is 1.06 bits per heavy atom. The maximum atomic E-state index is 13.0. The number of imide groups is 1. The summed E-state index contributed by atoms with van der Waals surface area (Å²) in [6, 6.07) is 4.88. The molecule has 0 fully saturated rings. The Hall–Kier alpha value is -2.83. The average Bonchev–Trinajstić information content (AvgIpc) is 2.56. The summed E-state index contributed by atoms with van der Waals surface area (Å²) in [7, 11) is 0. The van der Waals surface area contributed by atoms with Crippen molar-refractivity contribution in [2.24, 2.45) is 4.99 Å². The van der Waals surface area contributed by atoms with Crippen LogP contribution in [-0.4, -0.2) is 51.8 Å². The van der Waals surface area contributed by atoms with Gasteiger partial charge in [-0.25, -0.2) is 14.4 Å². The molecule has 0 heterocycles. The van der Waals surface area contributed by atoms with Crippen molar-refractivity contribution in [2.75, 3.05) is 0 Å². The SMILES string of the molecule is CC(C)(C)OC(=O)/N=C(\c1ccc(C(=O)[O-])cc1)N(C(=O)OC(C)(C)C)C(=O)OC(C)(C)C.[Li+]. The number of amides is 3. The minimum atomic E-state index is -1.43. The molecule has 1 rings (SSSR count). The number of aromatic carboxylic acids is 1. The molecule has 10 nitrogen and oxygen atoms in total. The number of carboxylic acids is 1. The Balaban J connectivity index is 0.0000109. The molecule has 0 aliphatic rings. The van der Waals surface area contributed by atoms with Crippen LogP contribution >= 0.6 is 0 Å². The van der Waals surface area contributed by atoms with E-state index in [4.69, 9.17) is 14.2 Å². The van der Waals surface area contributed by atoms with E-state index in [9.17, 15) is 24.3 Å². The quantitative estimate of drug-likeness (QED) is 0.269. The fourth-order valence-corrected chi connectivity index (χ4v) is 2.23. The molecule has 182 valence electrons. The normalized spacial score (nSPS) is 12.2. The first-order valence-corrected chi connectivity index (χ1v) is 10.2. The first kappa shape index (κ1) is 31.2. The topological polar surface area (TPSA) is 135 Å². The number of carbonyl (C=O) groups is 4. The summed E-state index contributed by atoms with van der Waals surface area (Å²) in [6.07, 6.45) is -3.38. The summed E-state index contributed by atoms with van der Waals surface area (Å²) in [6.45, 7) is 14.4. The molecule has 1 aromatic rings. The van der Waals surface area contributed by atoms with Gasteiger partial charge >= 0.3 is 37.1 Å². The number of carbonyl (C=O) groups excluding carboxylic acids is 4. The molecule has 34 heavy (non-hydrogen) atoms. The maximum absolute atomic E-state index is 13.0. The second-order valence-electron chi connectivity index (χ2n) is 10.1. The predicted octanol–water partition coefficient (Wildman–Crippen LogP) is 0.908. The van der Waals surface area contributed by atoms with E-state index >= 15 is 0 Å². The largest absolute Gasteiger partial charge is 1.00 e. The number of rotatable bonds is 2. The molecule has 0 N–H and O–H groups in total. The average molecular weight is 470 g/mol. The summed E-state index contributed by atoms with van der Waals surface area (Å²) in [5.74, 6) is -1.89. The van der Waals surface area contributed by atoms with Crippen molar-refractivity contribution in [2.45, 2.75) is 79.1 Å². The number of carboxylic acid groups (broad SMARTS) is 1. The van der Waals surface area contributed by atoms with E-state index in [0.717, 1.165) is 0 Å². The molecule has 3 amide bonds. The smallest absolute Gasteiger partial charge is 0.545 e. The van der Waals surface area contributed by atoms with Crippen molar-refractivity contribution in [3.8, 4) is 0 Å². The number of benzene rings is 1. The van der Waals surface area contributed by atoms with Gasteiger partial charge in [-0.2, -0.15) is 9.89 Å². The van der Waals surface area contributed by atoms with Crippen LogP contribution in [-0.2, 0) is 14.2 Å². The van der Waals surface area contributed by atoms with E-state index in [1.165, 1.54) is 24.3 Å². The second-order valence-corrected chi connectivity index (χ2v) is 10.1. The molecule has 0 aliphatic heterocycles. The molecular formula is C23H31LiN2O8. The number of ether oxygens (including phenoxy) is 3. The first-order chi connectivity index (χ1) is 14.8. The Morgan fingerprint density at radius 3 is 1.38 bits per heavy atom. The van der Waals surface area contributed by atoms with Crippen LogP contribution in [0, 0.1) is 0 Å². The molecule has 0 spiro atoms. The zero-order valence-electron chi connectivity index (χ0n) is 21.5. The Bertz CT molecular complexity index is 908. The van der Waals surface area contributed by atoms with Crippen molar-refractivity contribution >= 4 is 30.1 Å². The predicted molar refractivity (Wildman–Crippen MR) is 118 cm³/mol. The molecule has 1 aromatic carbocycles. The minimum Gasteiger partial charge on any atom is -0.545 e. The van der Waals surface area contributed by atoms with E-state index in [1.54, 1.807) is 62.3 Å². The molecule has 0 unspecified atom stereocenters. The van der Waals surface area contributed by atoms with Gasteiger partial charge in [0.05, 0.1) is 5.97 Å². The minimum absolute atomic E-state index is 0. The van der Waals surface area contributed by atoms with Crippen LogP contribution in [0.25, 0.3) is 0 Å². The fraction of sp³-hybridized carbons (Fsp3) is 0.522. The van der Waals surface area contributed by atoms with Crippen molar-refractivity contribution in [1.82, 2.24) is 4.90 Å². The molecule has 0 aliphatic carbocycles. The maximum Gasteiger partial charge on any atom is 1.00 e. The zero-order chi connectivity index (χ0) is 25.8. The number of hydrogen-bond donors (Lipinski definition) is 0. The summed E-state index contributed by atoms with van der Waals surface area (Å²) in [5, 5.41) is 11.1. The van der Waals surface area contributed by atoms with Gasteiger partial charge in [0.15, 0.2) is 5.84 Å². The second kappa shape index (κ2) is 11.5. The standard InChI is InChI=1S/C23H32N2O8.Li/c1-21(2,3)31-18(28)24-16(14-10-12-15(13-11-14)17(26)27)25(19(29)32-22(4,5)6)20(30)33-23(7,8)9;/h10-13H,1-9H3,(H,26,27);/q;+1/p-1/b24-16+;. The fourth-order valence-electron chi connectivity index (χ4n) is 2.23. The van der Waals surface area contributed by atoms with Crippen molar-refractivity contribution in [3.63, 3.8) is 0 Å². The first-order valence-electron chi connectivity index (χ1n) is 10.2. The van der Waals surface area contributed by atoms with E-state index in [0.29, 0.717) is 4.90 Å². The van der Waals surface area contributed by atoms with Crippen molar-refractivity contribution in [1.29, 1.82) is 0 Å². The van der Waals surface area contributed by atoms with Crippen molar-refractivity contribution < 1.29 is 57.4 Å². The van der Waals surface area contributed by atoms with E-state index < -0.39 is 46.9 Å². The molecule has 0 saturated carbocycles. The third-order valence-corrected chi connectivity index (χ3v) is 3.33. The number of aliphatic imine (C=N–C) groups is 1. The number of nitrogens with zero attached hydrogens (tertiary/aromatic N) is 2. The number of amidine groups is 1. The summed E-state index contributed by atoms with van der Waals surface area (Å²) in [5.41, 5.74) is -2.99. The van der Waals surface area contributed by atoms with Gasteiger partial charge in [0.25, 0.3) is 0 Å². The van der Waals surface area contributed by atoms with E-state index in [2.05, 4.69) is 4.99 Å². The molecule has 0 saturated heterocycles. The molecule has 0 aromatic heterocycles. The Morgan fingerprint density at radius 1 is 0.706 bits per heavy atom. The Kier molecular flexibility index (Phi) is 10.6. The summed E-state index contributed by atoms with van der Waals surface area (Å²) < 4.78 is 15.9. The van der Waals surface area contributed by atoms with Crippen LogP contribution < -0.4 is 24.0 Å². The van der Waals surface area contributed by atoms with Gasteiger partial charge in [-0.3, -0.25) is 0 Å².